The number of nitriles is 1. The van der Waals surface area contributed by atoms with Gasteiger partial charge in [0.25, 0.3) is 5.91 Å². The molecule has 7 nitrogen and oxygen atoms in total. The van der Waals surface area contributed by atoms with Crippen LogP contribution in [0.3, 0.4) is 0 Å². The first-order valence-electron chi connectivity index (χ1n) is 10.6. The number of amides is 1. The molecule has 0 spiro atoms. The minimum Gasteiger partial charge on any atom is -0.379 e. The van der Waals surface area contributed by atoms with Crippen LogP contribution < -0.4 is 10.2 Å². The van der Waals surface area contributed by atoms with Gasteiger partial charge in [-0.05, 0) is 61.1 Å². The standard InChI is InChI=1S/C24H23N5O2/c1-15(16-2-3-16)26-24-20-9-6-18(12-21(20)27-28-22(24)13-25)17-4-7-19(8-5-17)29-10-11-31-14-23(29)30/h4-9,12,15-16H,2-3,10-11,14H2,1H3,(H,26,27). The topological polar surface area (TPSA) is 91.1 Å². The summed E-state index contributed by atoms with van der Waals surface area (Å²) in [5.74, 6) is 0.639. The Balaban J connectivity index is 1.45. The highest BCUT2D eigenvalue weighted by Gasteiger charge is 2.29. The minimum absolute atomic E-state index is 0.0197. The number of aromatic nitrogens is 2. The Morgan fingerprint density at radius 1 is 1.16 bits per heavy atom. The highest BCUT2D eigenvalue weighted by Crippen LogP contribution is 2.36. The van der Waals surface area contributed by atoms with Crippen LogP contribution in [0.2, 0.25) is 0 Å². The average Bonchev–Trinajstić information content (AvgIpc) is 3.65. The van der Waals surface area contributed by atoms with Crippen LogP contribution in [0.15, 0.2) is 42.5 Å². The fourth-order valence-corrected chi connectivity index (χ4v) is 4.08. The second kappa shape index (κ2) is 7.97. The number of nitrogens with one attached hydrogen (secondary N) is 1. The van der Waals surface area contributed by atoms with E-state index in [1.165, 1.54) is 12.8 Å². The third kappa shape index (κ3) is 3.82. The first kappa shape index (κ1) is 19.5. The molecule has 31 heavy (non-hydrogen) atoms. The van der Waals surface area contributed by atoms with E-state index in [9.17, 15) is 10.1 Å². The normalized spacial score (nSPS) is 17.4. The van der Waals surface area contributed by atoms with E-state index < -0.39 is 0 Å². The number of hydrogen-bond acceptors (Lipinski definition) is 6. The van der Waals surface area contributed by atoms with Gasteiger partial charge in [-0.15, -0.1) is 10.2 Å². The number of benzene rings is 2. The number of morpholine rings is 1. The molecule has 2 aromatic carbocycles. The van der Waals surface area contributed by atoms with Gasteiger partial charge in [0.05, 0.1) is 17.8 Å². The summed E-state index contributed by atoms with van der Waals surface area (Å²) in [7, 11) is 0. The molecule has 0 radical (unpaired) electrons. The van der Waals surface area contributed by atoms with Gasteiger partial charge >= 0.3 is 0 Å². The number of carbonyl (C=O) groups excluding carboxylic acids is 1. The fourth-order valence-electron chi connectivity index (χ4n) is 4.08. The second-order valence-corrected chi connectivity index (χ2v) is 8.18. The van der Waals surface area contributed by atoms with Crippen molar-refractivity contribution in [3.05, 3.63) is 48.2 Å². The van der Waals surface area contributed by atoms with Gasteiger partial charge in [0.1, 0.15) is 12.7 Å². The van der Waals surface area contributed by atoms with Crippen LogP contribution in [-0.2, 0) is 9.53 Å². The Kier molecular flexibility index (Phi) is 5.00. The Morgan fingerprint density at radius 3 is 2.65 bits per heavy atom. The molecule has 1 aliphatic heterocycles. The summed E-state index contributed by atoms with van der Waals surface area (Å²) >= 11 is 0. The first-order chi connectivity index (χ1) is 15.1. The van der Waals surface area contributed by atoms with Gasteiger partial charge in [-0.25, -0.2) is 0 Å². The highest BCUT2D eigenvalue weighted by molar-refractivity contribution is 5.96. The van der Waals surface area contributed by atoms with Crippen molar-refractivity contribution in [3.63, 3.8) is 0 Å². The van der Waals surface area contributed by atoms with Crippen LogP contribution in [0.5, 0.6) is 0 Å². The van der Waals surface area contributed by atoms with Crippen molar-refractivity contribution in [2.24, 2.45) is 5.92 Å². The zero-order chi connectivity index (χ0) is 21.4. The number of fused-ring (bicyclic) bond motifs is 1. The van der Waals surface area contributed by atoms with Crippen molar-refractivity contribution in [3.8, 4) is 17.2 Å². The number of nitrogens with zero attached hydrogens (tertiary/aromatic N) is 4. The second-order valence-electron chi connectivity index (χ2n) is 8.18. The summed E-state index contributed by atoms with van der Waals surface area (Å²) in [6.07, 6.45) is 2.45. The van der Waals surface area contributed by atoms with E-state index in [1.54, 1.807) is 4.90 Å². The molecule has 156 valence electrons. The van der Waals surface area contributed by atoms with Gasteiger partial charge in [0.15, 0.2) is 5.69 Å². The molecule has 3 aromatic rings. The van der Waals surface area contributed by atoms with Crippen molar-refractivity contribution < 1.29 is 9.53 Å². The molecule has 2 fully saturated rings. The van der Waals surface area contributed by atoms with E-state index >= 15 is 0 Å². The van der Waals surface area contributed by atoms with Gasteiger partial charge in [-0.2, -0.15) is 5.26 Å². The van der Waals surface area contributed by atoms with E-state index in [0.717, 1.165) is 33.4 Å². The molecule has 2 aliphatic rings. The van der Waals surface area contributed by atoms with Gasteiger partial charge in [0.2, 0.25) is 0 Å². The molecule has 1 saturated carbocycles. The quantitative estimate of drug-likeness (QED) is 0.685. The lowest BCUT2D eigenvalue weighted by Crippen LogP contribution is -2.41. The summed E-state index contributed by atoms with van der Waals surface area (Å²) < 4.78 is 5.20. The maximum atomic E-state index is 12.1. The number of carbonyl (C=O) groups is 1. The SMILES string of the molecule is CC(Nc1c(C#N)nnc2cc(-c3ccc(N4CCOCC4=O)cc3)ccc12)C1CC1. The predicted molar refractivity (Wildman–Crippen MR) is 119 cm³/mol. The van der Waals surface area contributed by atoms with Crippen LogP contribution in [0.25, 0.3) is 22.0 Å². The maximum absolute atomic E-state index is 12.1. The van der Waals surface area contributed by atoms with Crippen LogP contribution in [0.4, 0.5) is 11.4 Å². The van der Waals surface area contributed by atoms with Crippen LogP contribution in [0.1, 0.15) is 25.5 Å². The molecular formula is C24H23N5O2. The third-order valence-corrected chi connectivity index (χ3v) is 6.07. The van der Waals surface area contributed by atoms with Crippen molar-refractivity contribution in [1.29, 1.82) is 5.26 Å². The van der Waals surface area contributed by atoms with Gasteiger partial charge in [-0.1, -0.05) is 18.2 Å². The first-order valence-corrected chi connectivity index (χ1v) is 10.6. The van der Waals surface area contributed by atoms with Crippen molar-refractivity contribution in [2.45, 2.75) is 25.8 Å². The Labute approximate surface area is 180 Å². The lowest BCUT2D eigenvalue weighted by Gasteiger charge is -2.26. The molecule has 1 amide bonds. The van der Waals surface area contributed by atoms with Gasteiger partial charge in [-0.3, -0.25) is 4.79 Å². The summed E-state index contributed by atoms with van der Waals surface area (Å²) in [4.78, 5) is 13.8. The lowest BCUT2D eigenvalue weighted by molar-refractivity contribution is -0.125. The van der Waals surface area contributed by atoms with Crippen molar-refractivity contribution in [1.82, 2.24) is 10.2 Å². The zero-order valence-electron chi connectivity index (χ0n) is 17.3. The lowest BCUT2D eigenvalue weighted by atomic mass is 10.0. The van der Waals surface area contributed by atoms with Crippen LogP contribution in [-0.4, -0.2) is 41.9 Å². The molecule has 1 saturated heterocycles. The largest absolute Gasteiger partial charge is 0.379 e. The Hall–Kier alpha value is -3.50. The van der Waals surface area contributed by atoms with Crippen LogP contribution >= 0.6 is 0 Å². The molecule has 1 aromatic heterocycles. The van der Waals surface area contributed by atoms with Gasteiger partial charge in [0, 0.05) is 23.7 Å². The van der Waals surface area contributed by atoms with Crippen molar-refractivity contribution >= 4 is 28.2 Å². The van der Waals surface area contributed by atoms with Gasteiger partial charge < -0.3 is 15.0 Å². The van der Waals surface area contributed by atoms with E-state index in [0.29, 0.717) is 30.8 Å². The maximum Gasteiger partial charge on any atom is 0.253 e. The van der Waals surface area contributed by atoms with Crippen LogP contribution in [0, 0.1) is 17.2 Å². The Morgan fingerprint density at radius 2 is 1.94 bits per heavy atom. The minimum atomic E-state index is -0.0197. The van der Waals surface area contributed by atoms with E-state index in [4.69, 9.17) is 4.74 Å². The number of anilines is 2. The average molecular weight is 413 g/mol. The molecule has 0 bridgehead atoms. The smallest absolute Gasteiger partial charge is 0.253 e. The third-order valence-electron chi connectivity index (χ3n) is 6.07. The van der Waals surface area contributed by atoms with E-state index in [2.05, 4.69) is 28.5 Å². The molecule has 1 aliphatic carbocycles. The molecule has 5 rings (SSSR count). The molecule has 7 heteroatoms. The molecule has 1 unspecified atom stereocenters. The number of hydrogen-bond donors (Lipinski definition) is 1. The number of ether oxygens (including phenoxy) is 1. The van der Waals surface area contributed by atoms with E-state index in [1.807, 2.05) is 42.5 Å². The predicted octanol–water partition coefficient (Wildman–Crippen LogP) is 3.74. The summed E-state index contributed by atoms with van der Waals surface area (Å²) in [6.45, 7) is 3.41. The summed E-state index contributed by atoms with van der Waals surface area (Å²) in [6, 6.07) is 16.4. The monoisotopic (exact) mass is 413 g/mol. The molecule has 1 atom stereocenters. The molecular weight excluding hydrogens is 390 g/mol. The van der Waals surface area contributed by atoms with Crippen molar-refractivity contribution in [2.75, 3.05) is 30.0 Å². The molecule has 2 heterocycles. The summed E-state index contributed by atoms with van der Waals surface area (Å²) in [5, 5.41) is 22.3. The highest BCUT2D eigenvalue weighted by atomic mass is 16.5. The molecule has 1 N–H and O–H groups in total. The summed E-state index contributed by atoms with van der Waals surface area (Å²) in [5.41, 5.74) is 4.74. The van der Waals surface area contributed by atoms with E-state index in [-0.39, 0.29) is 12.5 Å². The fraction of sp³-hybridized carbons (Fsp3) is 0.333. The zero-order valence-corrected chi connectivity index (χ0v) is 17.3. The Bertz CT molecular complexity index is 1180. The number of rotatable bonds is 5.